The molecule has 6 heteroatoms. The molecule has 3 rings (SSSR count). The summed E-state index contributed by atoms with van der Waals surface area (Å²) in [5.41, 5.74) is 1.90. The number of amides is 1. The number of nitrogens with zero attached hydrogens (tertiary/aromatic N) is 4. The van der Waals surface area contributed by atoms with E-state index in [4.69, 9.17) is 0 Å². The molecule has 1 amide bonds. The van der Waals surface area contributed by atoms with Gasteiger partial charge in [0, 0.05) is 23.7 Å². The molecule has 6 nitrogen and oxygen atoms in total. The molecule has 124 valence electrons. The van der Waals surface area contributed by atoms with Crippen LogP contribution >= 0.6 is 0 Å². The molecule has 0 atom stereocenters. The Bertz CT molecular complexity index is 703. The van der Waals surface area contributed by atoms with Crippen LogP contribution in [0.3, 0.4) is 0 Å². The molecule has 0 radical (unpaired) electrons. The summed E-state index contributed by atoms with van der Waals surface area (Å²) in [6, 6.07) is 4.30. The van der Waals surface area contributed by atoms with E-state index in [1.165, 1.54) is 6.42 Å². The fraction of sp³-hybridized carbons (Fsp3) is 0.588. The van der Waals surface area contributed by atoms with E-state index in [0.29, 0.717) is 18.3 Å². The third-order valence-electron chi connectivity index (χ3n) is 4.30. The van der Waals surface area contributed by atoms with E-state index in [2.05, 4.69) is 36.3 Å². The zero-order chi connectivity index (χ0) is 16.6. The molecule has 2 aromatic heterocycles. The Kier molecular flexibility index (Phi) is 4.00. The average molecular weight is 315 g/mol. The fourth-order valence-corrected chi connectivity index (χ4v) is 3.01. The highest BCUT2D eigenvalue weighted by Crippen LogP contribution is 2.31. The van der Waals surface area contributed by atoms with Crippen LogP contribution in [-0.4, -0.2) is 25.5 Å². The van der Waals surface area contributed by atoms with Crippen molar-refractivity contribution in [1.29, 1.82) is 0 Å². The molecule has 0 bridgehead atoms. The summed E-state index contributed by atoms with van der Waals surface area (Å²) in [5.74, 6) is 0.557. The van der Waals surface area contributed by atoms with Crippen molar-refractivity contribution in [3.05, 3.63) is 29.7 Å². The lowest BCUT2D eigenvalue weighted by Crippen LogP contribution is -2.25. The quantitative estimate of drug-likeness (QED) is 0.943. The van der Waals surface area contributed by atoms with Crippen LogP contribution in [0, 0.1) is 6.92 Å². The first-order valence-corrected chi connectivity index (χ1v) is 8.24. The van der Waals surface area contributed by atoms with E-state index in [-0.39, 0.29) is 11.4 Å². The summed E-state index contributed by atoms with van der Waals surface area (Å²) < 4.78 is 3.93. The van der Waals surface area contributed by atoms with Crippen molar-refractivity contribution in [2.45, 2.75) is 65.0 Å². The van der Waals surface area contributed by atoms with Gasteiger partial charge in [0.25, 0.3) is 0 Å². The van der Waals surface area contributed by atoms with E-state index in [0.717, 1.165) is 24.2 Å². The number of hydrogen-bond acceptors (Lipinski definition) is 3. The van der Waals surface area contributed by atoms with Crippen molar-refractivity contribution in [2.24, 2.45) is 0 Å². The van der Waals surface area contributed by atoms with E-state index in [9.17, 15) is 4.79 Å². The minimum atomic E-state index is -0.101. The van der Waals surface area contributed by atoms with Gasteiger partial charge in [-0.05, 0) is 53.0 Å². The Morgan fingerprint density at radius 1 is 1.39 bits per heavy atom. The number of carbonyl (C=O) groups is 1. The van der Waals surface area contributed by atoms with Gasteiger partial charge in [-0.25, -0.2) is 0 Å². The van der Waals surface area contributed by atoms with Gasteiger partial charge in [0.2, 0.25) is 5.91 Å². The molecule has 2 aromatic rings. The number of aryl methyl sites for hydroxylation is 1. The van der Waals surface area contributed by atoms with E-state index < -0.39 is 0 Å². The van der Waals surface area contributed by atoms with Gasteiger partial charge < -0.3 is 5.32 Å². The van der Waals surface area contributed by atoms with Gasteiger partial charge in [0.05, 0.1) is 18.0 Å². The molecule has 0 unspecified atom stereocenters. The number of aromatic nitrogens is 4. The number of anilines is 1. The summed E-state index contributed by atoms with van der Waals surface area (Å²) in [6.07, 6.45) is 5.67. The second-order valence-electron chi connectivity index (χ2n) is 7.33. The molecule has 1 aliphatic rings. The van der Waals surface area contributed by atoms with Crippen molar-refractivity contribution < 1.29 is 4.79 Å². The molecule has 23 heavy (non-hydrogen) atoms. The Hall–Kier alpha value is -2.11. The predicted molar refractivity (Wildman–Crippen MR) is 89.4 cm³/mol. The third kappa shape index (κ3) is 3.30. The lowest BCUT2D eigenvalue weighted by molar-refractivity contribution is -0.115. The molecule has 1 saturated carbocycles. The number of rotatable bonds is 4. The van der Waals surface area contributed by atoms with Crippen LogP contribution in [0.15, 0.2) is 18.3 Å². The molecule has 0 aliphatic heterocycles. The monoisotopic (exact) mass is 315 g/mol. The third-order valence-corrected chi connectivity index (χ3v) is 4.30. The van der Waals surface area contributed by atoms with E-state index in [1.54, 1.807) is 6.20 Å². The number of carbonyl (C=O) groups excluding carboxylic acids is 1. The summed E-state index contributed by atoms with van der Waals surface area (Å²) in [4.78, 5) is 12.3. The fourth-order valence-electron chi connectivity index (χ4n) is 3.01. The predicted octanol–water partition coefficient (Wildman–Crippen LogP) is 3.05. The normalized spacial score (nSPS) is 15.5. The summed E-state index contributed by atoms with van der Waals surface area (Å²) in [7, 11) is 0. The molecule has 2 heterocycles. The summed E-state index contributed by atoms with van der Waals surface area (Å²) in [5, 5.41) is 11.8. The SMILES string of the molecule is Cc1cc(NC(=O)Cc2ccnn2C2CCC2)nn1C(C)(C)C. The summed E-state index contributed by atoms with van der Waals surface area (Å²) in [6.45, 7) is 8.28. The highest BCUT2D eigenvalue weighted by Gasteiger charge is 2.23. The summed E-state index contributed by atoms with van der Waals surface area (Å²) >= 11 is 0. The Labute approximate surface area is 136 Å². The van der Waals surface area contributed by atoms with Crippen molar-refractivity contribution in [3.63, 3.8) is 0 Å². The van der Waals surface area contributed by atoms with Crippen molar-refractivity contribution >= 4 is 11.7 Å². The first-order chi connectivity index (χ1) is 10.8. The zero-order valence-corrected chi connectivity index (χ0v) is 14.3. The average Bonchev–Trinajstić information content (AvgIpc) is 2.94. The maximum atomic E-state index is 12.3. The molecule has 0 aromatic carbocycles. The van der Waals surface area contributed by atoms with E-state index in [1.807, 2.05) is 28.4 Å². The number of nitrogens with one attached hydrogen (secondary N) is 1. The van der Waals surface area contributed by atoms with Crippen molar-refractivity contribution in [3.8, 4) is 0 Å². The van der Waals surface area contributed by atoms with Crippen molar-refractivity contribution in [2.75, 3.05) is 5.32 Å². The van der Waals surface area contributed by atoms with E-state index >= 15 is 0 Å². The Morgan fingerprint density at radius 3 is 2.70 bits per heavy atom. The molecule has 1 aliphatic carbocycles. The minimum Gasteiger partial charge on any atom is -0.309 e. The van der Waals surface area contributed by atoms with Crippen LogP contribution < -0.4 is 5.32 Å². The van der Waals surface area contributed by atoms with Crippen LogP contribution in [0.5, 0.6) is 0 Å². The largest absolute Gasteiger partial charge is 0.309 e. The lowest BCUT2D eigenvalue weighted by atomic mass is 9.93. The molecule has 0 spiro atoms. The van der Waals surface area contributed by atoms with Gasteiger partial charge in [0.1, 0.15) is 0 Å². The first kappa shape index (κ1) is 15.8. The van der Waals surface area contributed by atoms with Gasteiger partial charge in [-0.3, -0.25) is 14.2 Å². The van der Waals surface area contributed by atoms with Crippen LogP contribution in [-0.2, 0) is 16.8 Å². The maximum absolute atomic E-state index is 12.3. The molecule has 1 fully saturated rings. The van der Waals surface area contributed by atoms with Gasteiger partial charge in [-0.15, -0.1) is 0 Å². The zero-order valence-electron chi connectivity index (χ0n) is 14.3. The van der Waals surface area contributed by atoms with Gasteiger partial charge in [-0.1, -0.05) is 0 Å². The second-order valence-corrected chi connectivity index (χ2v) is 7.33. The molecular weight excluding hydrogens is 290 g/mol. The topological polar surface area (TPSA) is 64.7 Å². The Morgan fingerprint density at radius 2 is 2.13 bits per heavy atom. The highest BCUT2D eigenvalue weighted by atomic mass is 16.1. The molecule has 0 saturated heterocycles. The van der Waals surface area contributed by atoms with Crippen molar-refractivity contribution in [1.82, 2.24) is 19.6 Å². The van der Waals surface area contributed by atoms with Crippen LogP contribution in [0.25, 0.3) is 0 Å². The van der Waals surface area contributed by atoms with Gasteiger partial charge in [0.15, 0.2) is 5.82 Å². The molecular formula is C17H25N5O. The van der Waals surface area contributed by atoms with Crippen LogP contribution in [0.2, 0.25) is 0 Å². The number of hydrogen-bond donors (Lipinski definition) is 1. The van der Waals surface area contributed by atoms with Gasteiger partial charge in [-0.2, -0.15) is 10.2 Å². The minimum absolute atomic E-state index is 0.0513. The van der Waals surface area contributed by atoms with Crippen LogP contribution in [0.4, 0.5) is 5.82 Å². The highest BCUT2D eigenvalue weighted by molar-refractivity contribution is 5.91. The molecule has 1 N–H and O–H groups in total. The smallest absolute Gasteiger partial charge is 0.231 e. The Balaban J connectivity index is 1.67. The maximum Gasteiger partial charge on any atom is 0.231 e. The van der Waals surface area contributed by atoms with Gasteiger partial charge >= 0.3 is 0 Å². The first-order valence-electron chi connectivity index (χ1n) is 8.24. The second kappa shape index (κ2) is 5.83. The standard InChI is InChI=1S/C17H25N5O/c1-12-10-15(20-22(12)17(2,3)4)19-16(23)11-14-8-9-18-21(14)13-6-5-7-13/h8-10,13H,5-7,11H2,1-4H3,(H,19,20,23). The lowest BCUT2D eigenvalue weighted by Gasteiger charge is -2.27. The van der Waals surface area contributed by atoms with Crippen LogP contribution in [0.1, 0.15) is 57.5 Å².